The Balaban J connectivity index is 2.16. The lowest BCUT2D eigenvalue weighted by Crippen LogP contribution is -2.15. The van der Waals surface area contributed by atoms with Crippen LogP contribution in [-0.4, -0.2) is 35.1 Å². The van der Waals surface area contributed by atoms with E-state index in [4.69, 9.17) is 9.63 Å². The first-order chi connectivity index (χ1) is 13.7. The number of hydrogen-bond donors (Lipinski definition) is 2. The van der Waals surface area contributed by atoms with Crippen LogP contribution in [0.25, 0.3) is 11.1 Å². The Hall–Kier alpha value is -2.58. The van der Waals surface area contributed by atoms with Crippen molar-refractivity contribution >= 4 is 14.0 Å². The van der Waals surface area contributed by atoms with Crippen molar-refractivity contribution < 1.29 is 28.5 Å². The van der Waals surface area contributed by atoms with Gasteiger partial charge in [-0.25, -0.2) is 4.39 Å². The van der Waals surface area contributed by atoms with E-state index in [9.17, 15) is 18.9 Å². The SMILES string of the molecule is Cc1cc(C)c(C#CCO[P+](=O)C[C@@H](O)CC(=O)O)c(-c2ccc(F)c(C)c2)c1. The molecule has 0 heterocycles. The van der Waals surface area contributed by atoms with E-state index in [1.807, 2.05) is 26.0 Å². The van der Waals surface area contributed by atoms with Gasteiger partial charge in [-0.3, -0.25) is 4.79 Å². The van der Waals surface area contributed by atoms with Gasteiger partial charge in [0.05, 0.1) is 6.42 Å². The van der Waals surface area contributed by atoms with Crippen LogP contribution in [0, 0.1) is 38.4 Å². The number of aliphatic hydroxyl groups is 1. The van der Waals surface area contributed by atoms with Crippen LogP contribution >= 0.6 is 8.03 Å². The molecule has 0 aliphatic rings. The number of aryl methyl sites for hydroxylation is 3. The molecule has 29 heavy (non-hydrogen) atoms. The summed E-state index contributed by atoms with van der Waals surface area (Å²) in [5.41, 5.74) is 5.04. The summed E-state index contributed by atoms with van der Waals surface area (Å²) in [6.07, 6.45) is -1.97. The quantitative estimate of drug-likeness (QED) is 0.517. The molecular formula is C22H23FO5P+. The van der Waals surface area contributed by atoms with Gasteiger partial charge in [-0.15, -0.1) is 4.52 Å². The van der Waals surface area contributed by atoms with E-state index < -0.39 is 26.5 Å². The molecule has 1 unspecified atom stereocenters. The van der Waals surface area contributed by atoms with Crippen molar-refractivity contribution in [3.05, 3.63) is 58.4 Å². The molecule has 2 N–H and O–H groups in total. The van der Waals surface area contributed by atoms with Crippen molar-refractivity contribution in [3.63, 3.8) is 0 Å². The van der Waals surface area contributed by atoms with Crippen LogP contribution in [0.4, 0.5) is 4.39 Å². The third kappa shape index (κ3) is 6.76. The molecule has 2 aromatic carbocycles. The fourth-order valence-corrected chi connectivity index (χ4v) is 3.68. The first-order valence-electron chi connectivity index (χ1n) is 9.01. The first kappa shape index (κ1) is 22.7. The fourth-order valence-electron chi connectivity index (χ4n) is 2.89. The standard InChI is InChI=1S/C22H22FO5P/c1-14-9-15(2)19(20(10-14)17-6-7-21(23)16(3)11-17)5-4-8-28-29(27)13-18(24)12-22(25)26/h6-7,9-11,18,24H,8,12-13H2,1-3H3/p+1/t18-/m0/s1. The van der Waals surface area contributed by atoms with E-state index in [0.717, 1.165) is 27.8 Å². The number of aliphatic carboxylic acids is 1. The molecule has 0 aromatic heterocycles. The van der Waals surface area contributed by atoms with Crippen LogP contribution in [-0.2, 0) is 13.9 Å². The molecule has 2 aromatic rings. The van der Waals surface area contributed by atoms with Crippen LogP contribution in [0.5, 0.6) is 0 Å². The van der Waals surface area contributed by atoms with Crippen molar-refractivity contribution in [2.75, 3.05) is 12.8 Å². The lowest BCUT2D eigenvalue weighted by Gasteiger charge is -2.11. The number of carboxylic acids is 1. The molecule has 0 amide bonds. The summed E-state index contributed by atoms with van der Waals surface area (Å²) in [5.74, 6) is 4.41. The zero-order valence-corrected chi connectivity index (χ0v) is 17.4. The van der Waals surface area contributed by atoms with Crippen LogP contribution in [0.3, 0.4) is 0 Å². The van der Waals surface area contributed by atoms with Gasteiger partial charge in [0.15, 0.2) is 6.61 Å². The highest BCUT2D eigenvalue weighted by atomic mass is 31.1. The maximum absolute atomic E-state index is 13.6. The van der Waals surface area contributed by atoms with E-state index in [-0.39, 0.29) is 18.6 Å². The Morgan fingerprint density at radius 3 is 2.59 bits per heavy atom. The van der Waals surface area contributed by atoms with E-state index >= 15 is 0 Å². The molecule has 0 radical (unpaired) electrons. The van der Waals surface area contributed by atoms with E-state index in [0.29, 0.717) is 5.56 Å². The number of carbonyl (C=O) groups is 1. The van der Waals surface area contributed by atoms with Crippen LogP contribution in [0.1, 0.15) is 28.7 Å². The summed E-state index contributed by atoms with van der Waals surface area (Å²) in [7, 11) is -2.21. The van der Waals surface area contributed by atoms with Gasteiger partial charge in [0.25, 0.3) is 0 Å². The molecule has 0 aliphatic heterocycles. The van der Waals surface area contributed by atoms with Gasteiger partial charge in [0, 0.05) is 5.56 Å². The van der Waals surface area contributed by atoms with Gasteiger partial charge in [-0.1, -0.05) is 35.6 Å². The Kier molecular flexibility index (Phi) is 8.04. The first-order valence-corrected chi connectivity index (χ1v) is 10.4. The van der Waals surface area contributed by atoms with Crippen molar-refractivity contribution in [1.29, 1.82) is 0 Å². The number of aliphatic hydroxyl groups excluding tert-OH is 1. The maximum Gasteiger partial charge on any atom is 0.511 e. The summed E-state index contributed by atoms with van der Waals surface area (Å²) >= 11 is 0. The topological polar surface area (TPSA) is 83.8 Å². The fraction of sp³-hybridized carbons (Fsp3) is 0.318. The molecule has 0 fully saturated rings. The average molecular weight is 417 g/mol. The molecule has 0 spiro atoms. The van der Waals surface area contributed by atoms with Gasteiger partial charge in [0.2, 0.25) is 6.16 Å². The van der Waals surface area contributed by atoms with Gasteiger partial charge in [0.1, 0.15) is 11.9 Å². The average Bonchev–Trinajstić information content (AvgIpc) is 2.61. The predicted molar refractivity (Wildman–Crippen MR) is 110 cm³/mol. The summed E-state index contributed by atoms with van der Waals surface area (Å²) in [6, 6.07) is 8.88. The normalized spacial score (nSPS) is 12.1. The molecule has 0 aliphatic carbocycles. The highest BCUT2D eigenvalue weighted by Crippen LogP contribution is 2.29. The lowest BCUT2D eigenvalue weighted by atomic mass is 9.93. The number of halogens is 1. The number of carboxylic acid groups (broad SMARTS) is 1. The summed E-state index contributed by atoms with van der Waals surface area (Å²) in [5, 5.41) is 18.1. The van der Waals surface area contributed by atoms with Gasteiger partial charge in [-0.05, 0) is 59.7 Å². The second-order valence-corrected chi connectivity index (χ2v) is 8.10. The van der Waals surface area contributed by atoms with Crippen molar-refractivity contribution in [1.82, 2.24) is 0 Å². The van der Waals surface area contributed by atoms with Gasteiger partial charge in [-0.2, -0.15) is 0 Å². The third-order valence-electron chi connectivity index (χ3n) is 4.21. The van der Waals surface area contributed by atoms with Crippen molar-refractivity contribution in [2.45, 2.75) is 33.3 Å². The van der Waals surface area contributed by atoms with E-state index in [2.05, 4.69) is 11.8 Å². The van der Waals surface area contributed by atoms with E-state index in [1.165, 1.54) is 6.07 Å². The number of benzene rings is 2. The summed E-state index contributed by atoms with van der Waals surface area (Å²) < 4.78 is 30.5. The van der Waals surface area contributed by atoms with E-state index in [1.54, 1.807) is 19.1 Å². The smallest absolute Gasteiger partial charge is 0.481 e. The second kappa shape index (κ2) is 10.3. The number of hydrogen-bond acceptors (Lipinski definition) is 4. The summed E-state index contributed by atoms with van der Waals surface area (Å²) in [6.45, 7) is 5.49. The Morgan fingerprint density at radius 1 is 1.21 bits per heavy atom. The Labute approximate surface area is 170 Å². The zero-order valence-electron chi connectivity index (χ0n) is 16.5. The third-order valence-corrected chi connectivity index (χ3v) is 5.35. The monoisotopic (exact) mass is 417 g/mol. The number of rotatable bonds is 7. The molecular weight excluding hydrogens is 394 g/mol. The second-order valence-electron chi connectivity index (χ2n) is 6.81. The highest BCUT2D eigenvalue weighted by molar-refractivity contribution is 7.39. The van der Waals surface area contributed by atoms with Gasteiger partial charge < -0.3 is 10.2 Å². The molecule has 152 valence electrons. The molecule has 0 bridgehead atoms. The minimum Gasteiger partial charge on any atom is -0.481 e. The van der Waals surface area contributed by atoms with Crippen LogP contribution in [0.15, 0.2) is 30.3 Å². The Morgan fingerprint density at radius 2 is 1.93 bits per heavy atom. The van der Waals surface area contributed by atoms with Crippen molar-refractivity contribution in [2.24, 2.45) is 0 Å². The molecule has 0 saturated carbocycles. The maximum atomic E-state index is 13.6. The molecule has 0 saturated heterocycles. The molecule has 5 nitrogen and oxygen atoms in total. The minimum absolute atomic E-state index is 0.121. The molecule has 7 heteroatoms. The summed E-state index contributed by atoms with van der Waals surface area (Å²) in [4.78, 5) is 10.5. The Bertz CT molecular complexity index is 991. The highest BCUT2D eigenvalue weighted by Gasteiger charge is 2.24. The minimum atomic E-state index is -2.21. The lowest BCUT2D eigenvalue weighted by molar-refractivity contribution is -0.138. The molecule has 2 rings (SSSR count). The zero-order chi connectivity index (χ0) is 21.6. The van der Waals surface area contributed by atoms with Crippen LogP contribution < -0.4 is 0 Å². The predicted octanol–water partition coefficient (Wildman–Crippen LogP) is 4.36. The van der Waals surface area contributed by atoms with Crippen molar-refractivity contribution in [3.8, 4) is 23.0 Å². The molecule has 2 atom stereocenters. The van der Waals surface area contributed by atoms with Crippen LogP contribution in [0.2, 0.25) is 0 Å². The largest absolute Gasteiger partial charge is 0.511 e. The van der Waals surface area contributed by atoms with Gasteiger partial charge >= 0.3 is 14.0 Å².